The highest BCUT2D eigenvalue weighted by Crippen LogP contribution is 2.31. The van der Waals surface area contributed by atoms with E-state index in [-0.39, 0.29) is 41.2 Å². The Morgan fingerprint density at radius 1 is 1.04 bits per heavy atom. The van der Waals surface area contributed by atoms with Crippen molar-refractivity contribution in [2.75, 3.05) is 6.61 Å². The molecule has 0 radical (unpaired) electrons. The molecule has 0 aromatic heterocycles. The zero-order chi connectivity index (χ0) is 21.4. The van der Waals surface area contributed by atoms with Crippen LogP contribution in [0.5, 0.6) is 0 Å². The Morgan fingerprint density at radius 3 is 1.96 bits per heavy atom. The van der Waals surface area contributed by atoms with Gasteiger partial charge < -0.3 is 5.11 Å². The van der Waals surface area contributed by atoms with E-state index in [9.17, 15) is 25.2 Å². The van der Waals surface area contributed by atoms with Crippen LogP contribution in [0.4, 0.5) is 0 Å². The van der Waals surface area contributed by atoms with Gasteiger partial charge in [-0.2, -0.15) is 10.5 Å². The molecule has 5 heteroatoms. The number of allylic oxidation sites excluding steroid dienone is 3. The van der Waals surface area contributed by atoms with Gasteiger partial charge >= 0.3 is 0 Å². The lowest BCUT2D eigenvalue weighted by Gasteiger charge is -2.25. The lowest BCUT2D eigenvalue weighted by molar-refractivity contribution is -0.123. The number of aliphatic hydroxyl groups is 1. The molecule has 148 valence electrons. The Bertz CT molecular complexity index is 698. The molecule has 0 spiro atoms. The Morgan fingerprint density at radius 2 is 1.56 bits per heavy atom. The standard InChI is InChI=1S/C22H32N2O3/c1-15(2)19(26)17(12-23)10-16(3)8-9-22(6,7)20(27)18(13-24)11-21(4,5)14-25/h10-11,15-16,25H,8-9,14H2,1-7H3/b17-10+,18-11+. The van der Waals surface area contributed by atoms with Crippen LogP contribution in [0.15, 0.2) is 23.3 Å². The number of rotatable bonds is 10. The molecule has 0 fully saturated rings. The molecule has 0 amide bonds. The first-order valence-corrected chi connectivity index (χ1v) is 9.26. The summed E-state index contributed by atoms with van der Waals surface area (Å²) in [4.78, 5) is 24.8. The molecule has 0 rings (SSSR count). The van der Waals surface area contributed by atoms with E-state index >= 15 is 0 Å². The van der Waals surface area contributed by atoms with E-state index in [0.29, 0.717) is 12.8 Å². The highest BCUT2D eigenvalue weighted by molar-refractivity contribution is 6.02. The van der Waals surface area contributed by atoms with Crippen LogP contribution in [-0.4, -0.2) is 23.3 Å². The van der Waals surface area contributed by atoms with Gasteiger partial charge in [-0.1, -0.05) is 60.6 Å². The van der Waals surface area contributed by atoms with Gasteiger partial charge in [-0.3, -0.25) is 9.59 Å². The predicted molar refractivity (Wildman–Crippen MR) is 105 cm³/mol. The summed E-state index contributed by atoms with van der Waals surface area (Å²) in [6.45, 7) is 12.3. The van der Waals surface area contributed by atoms with Crippen LogP contribution in [0.3, 0.4) is 0 Å². The lowest BCUT2D eigenvalue weighted by atomic mass is 9.77. The van der Waals surface area contributed by atoms with Gasteiger partial charge in [0, 0.05) is 16.7 Å². The second-order valence-electron chi connectivity index (χ2n) is 8.76. The topological polar surface area (TPSA) is 102 Å². The molecule has 0 aliphatic carbocycles. The van der Waals surface area contributed by atoms with E-state index in [0.717, 1.165) is 0 Å². The summed E-state index contributed by atoms with van der Waals surface area (Å²) >= 11 is 0. The first-order valence-electron chi connectivity index (χ1n) is 9.26. The van der Waals surface area contributed by atoms with Crippen molar-refractivity contribution in [2.24, 2.45) is 22.7 Å². The molecule has 27 heavy (non-hydrogen) atoms. The number of hydrogen-bond acceptors (Lipinski definition) is 5. The fourth-order valence-electron chi connectivity index (χ4n) is 2.50. The fourth-order valence-corrected chi connectivity index (χ4v) is 2.50. The van der Waals surface area contributed by atoms with Gasteiger partial charge in [0.05, 0.1) is 17.8 Å². The number of aliphatic hydroxyl groups excluding tert-OH is 1. The van der Waals surface area contributed by atoms with Crippen molar-refractivity contribution in [3.05, 3.63) is 23.3 Å². The number of ketones is 2. The van der Waals surface area contributed by atoms with Crippen LogP contribution < -0.4 is 0 Å². The van der Waals surface area contributed by atoms with Crippen LogP contribution in [-0.2, 0) is 9.59 Å². The van der Waals surface area contributed by atoms with Crippen molar-refractivity contribution in [3.8, 4) is 12.1 Å². The van der Waals surface area contributed by atoms with Crippen molar-refractivity contribution in [2.45, 2.75) is 61.3 Å². The van der Waals surface area contributed by atoms with Gasteiger partial charge in [0.15, 0.2) is 11.6 Å². The van der Waals surface area contributed by atoms with Gasteiger partial charge in [0.1, 0.15) is 12.1 Å². The first kappa shape index (κ1) is 24.8. The maximum Gasteiger partial charge on any atom is 0.178 e. The third-order valence-electron chi connectivity index (χ3n) is 4.51. The Hall–Kier alpha value is -2.24. The van der Waals surface area contributed by atoms with E-state index in [1.54, 1.807) is 47.6 Å². The zero-order valence-corrected chi connectivity index (χ0v) is 17.6. The molecule has 0 bridgehead atoms. The van der Waals surface area contributed by atoms with Gasteiger partial charge in [-0.15, -0.1) is 0 Å². The van der Waals surface area contributed by atoms with Crippen molar-refractivity contribution in [1.82, 2.24) is 0 Å². The van der Waals surface area contributed by atoms with Gasteiger partial charge in [0.2, 0.25) is 0 Å². The number of carbonyl (C=O) groups is 2. The first-order chi connectivity index (χ1) is 12.3. The fraction of sp³-hybridized carbons (Fsp3) is 0.636. The van der Waals surface area contributed by atoms with Crippen molar-refractivity contribution in [1.29, 1.82) is 10.5 Å². The monoisotopic (exact) mass is 372 g/mol. The molecule has 5 nitrogen and oxygen atoms in total. The van der Waals surface area contributed by atoms with Crippen molar-refractivity contribution in [3.63, 3.8) is 0 Å². The van der Waals surface area contributed by atoms with Crippen LogP contribution in [0.2, 0.25) is 0 Å². The normalized spacial score (nSPS) is 14.5. The van der Waals surface area contributed by atoms with Crippen molar-refractivity contribution >= 4 is 11.6 Å². The maximum atomic E-state index is 12.8. The SMILES string of the molecule is CC(/C=C(\C#N)C(=O)C(C)C)CCC(C)(C)C(=O)/C(C#N)=C/C(C)(C)CO. The summed E-state index contributed by atoms with van der Waals surface area (Å²) in [6.07, 6.45) is 4.31. The molecular weight excluding hydrogens is 340 g/mol. The average molecular weight is 373 g/mol. The van der Waals surface area contributed by atoms with Crippen LogP contribution in [0.25, 0.3) is 0 Å². The minimum atomic E-state index is -0.760. The number of hydrogen-bond donors (Lipinski definition) is 1. The van der Waals surface area contributed by atoms with E-state index in [4.69, 9.17) is 0 Å². The molecule has 0 saturated carbocycles. The second-order valence-corrected chi connectivity index (χ2v) is 8.76. The molecule has 0 saturated heterocycles. The summed E-state index contributed by atoms with van der Waals surface area (Å²) in [6, 6.07) is 3.92. The van der Waals surface area contributed by atoms with E-state index in [1.165, 1.54) is 6.08 Å². The van der Waals surface area contributed by atoms with E-state index in [1.807, 2.05) is 19.1 Å². The van der Waals surface area contributed by atoms with Gasteiger partial charge in [-0.25, -0.2) is 0 Å². The van der Waals surface area contributed by atoms with Crippen molar-refractivity contribution < 1.29 is 14.7 Å². The van der Waals surface area contributed by atoms with E-state index < -0.39 is 10.8 Å². The summed E-state index contributed by atoms with van der Waals surface area (Å²) in [5.41, 5.74) is -1.20. The van der Waals surface area contributed by atoms with Crippen LogP contribution >= 0.6 is 0 Å². The van der Waals surface area contributed by atoms with E-state index in [2.05, 4.69) is 0 Å². The molecular formula is C22H32N2O3. The molecule has 0 aliphatic heterocycles. The minimum Gasteiger partial charge on any atom is -0.395 e. The van der Waals surface area contributed by atoms with Gasteiger partial charge in [0.25, 0.3) is 0 Å². The molecule has 0 aliphatic rings. The third kappa shape index (κ3) is 7.89. The molecule has 0 aromatic rings. The summed E-state index contributed by atoms with van der Waals surface area (Å²) in [5.74, 6) is -0.723. The maximum absolute atomic E-state index is 12.8. The Labute approximate surface area is 163 Å². The number of nitrogens with zero attached hydrogens (tertiary/aromatic N) is 2. The molecule has 1 atom stereocenters. The third-order valence-corrected chi connectivity index (χ3v) is 4.51. The summed E-state index contributed by atoms with van der Waals surface area (Å²) in [5, 5.41) is 27.9. The Balaban J connectivity index is 5.27. The predicted octanol–water partition coefficient (Wildman–Crippen LogP) is 4.14. The largest absolute Gasteiger partial charge is 0.395 e. The average Bonchev–Trinajstić information content (AvgIpc) is 2.61. The number of carbonyl (C=O) groups excluding carboxylic acids is 2. The molecule has 1 N–H and O–H groups in total. The van der Waals surface area contributed by atoms with Gasteiger partial charge in [-0.05, 0) is 18.8 Å². The smallest absolute Gasteiger partial charge is 0.178 e. The minimum absolute atomic E-state index is 0.0437. The quantitative estimate of drug-likeness (QED) is 0.458. The Kier molecular flexibility index (Phi) is 9.34. The number of Topliss-reactive ketones (excluding diaryl/α,β-unsaturated/α-hetero) is 2. The molecule has 0 aromatic carbocycles. The molecule has 1 unspecified atom stereocenters. The molecule has 0 heterocycles. The highest BCUT2D eigenvalue weighted by atomic mass is 16.3. The van der Waals surface area contributed by atoms with Crippen LogP contribution in [0.1, 0.15) is 61.3 Å². The summed E-state index contributed by atoms with van der Waals surface area (Å²) < 4.78 is 0. The number of nitriles is 2. The zero-order valence-electron chi connectivity index (χ0n) is 17.6. The summed E-state index contributed by atoms with van der Waals surface area (Å²) in [7, 11) is 0. The van der Waals surface area contributed by atoms with Crippen LogP contribution in [0, 0.1) is 45.3 Å². The lowest BCUT2D eigenvalue weighted by Crippen LogP contribution is -2.27. The second kappa shape index (κ2) is 10.2. The highest BCUT2D eigenvalue weighted by Gasteiger charge is 2.31.